The summed E-state index contributed by atoms with van der Waals surface area (Å²) >= 11 is 0. The third-order valence-electron chi connectivity index (χ3n) is 5.96. The molecule has 1 amide bonds. The first-order valence-electron chi connectivity index (χ1n) is 10.7. The summed E-state index contributed by atoms with van der Waals surface area (Å²) in [5, 5.41) is 0. The summed E-state index contributed by atoms with van der Waals surface area (Å²) in [4.78, 5) is 26.2. The maximum atomic E-state index is 13.0. The van der Waals surface area contributed by atoms with E-state index in [0.717, 1.165) is 22.5 Å². The molecule has 2 heterocycles. The number of rotatable bonds is 5. The summed E-state index contributed by atoms with van der Waals surface area (Å²) in [5.41, 5.74) is -1.02. The minimum absolute atomic E-state index is 0.0458. The average Bonchev–Trinajstić information content (AvgIpc) is 2.78. The van der Waals surface area contributed by atoms with Crippen molar-refractivity contribution in [3.05, 3.63) is 29.8 Å². The SMILES string of the molecule is CCOC(=O)C1CCCN(C(=O)C2CCN(S(=O)(=O)c3cccc(C(F)(F)F)c3)CC2)C1. The number of ether oxygens (including phenoxy) is 1. The first-order valence-corrected chi connectivity index (χ1v) is 12.1. The fourth-order valence-electron chi connectivity index (χ4n) is 4.21. The molecule has 2 fully saturated rings. The molecule has 1 aromatic rings. The molecule has 1 unspecified atom stereocenters. The van der Waals surface area contributed by atoms with E-state index in [1.165, 1.54) is 0 Å². The van der Waals surface area contributed by atoms with Crippen LogP contribution in [-0.4, -0.2) is 62.3 Å². The van der Waals surface area contributed by atoms with Gasteiger partial charge in [0, 0.05) is 32.1 Å². The summed E-state index contributed by atoms with van der Waals surface area (Å²) in [6.07, 6.45) is -2.73. The van der Waals surface area contributed by atoms with Crippen LogP contribution in [0.2, 0.25) is 0 Å². The highest BCUT2D eigenvalue weighted by atomic mass is 32.2. The molecular formula is C21H27F3N2O5S. The summed E-state index contributed by atoms with van der Waals surface area (Å²) in [6.45, 7) is 2.93. The summed E-state index contributed by atoms with van der Waals surface area (Å²) in [7, 11) is -4.10. The predicted molar refractivity (Wildman–Crippen MR) is 109 cm³/mol. The molecule has 1 atom stereocenters. The van der Waals surface area contributed by atoms with Crippen molar-refractivity contribution in [3.8, 4) is 0 Å². The lowest BCUT2D eigenvalue weighted by Gasteiger charge is -2.37. The molecule has 1 aromatic carbocycles. The number of benzene rings is 1. The average molecular weight is 477 g/mol. The maximum absolute atomic E-state index is 13.0. The lowest BCUT2D eigenvalue weighted by Crippen LogP contribution is -2.48. The van der Waals surface area contributed by atoms with E-state index in [2.05, 4.69) is 0 Å². The molecule has 0 bridgehead atoms. The Morgan fingerprint density at radius 1 is 1.09 bits per heavy atom. The quantitative estimate of drug-likeness (QED) is 0.611. The standard InChI is InChI=1S/C21H27F3N2O5S/c1-2-31-20(28)16-5-4-10-25(14-16)19(27)15-8-11-26(12-9-15)32(29,30)18-7-3-6-17(13-18)21(22,23)24/h3,6-7,13,15-16H,2,4-5,8-12,14H2,1H3. The number of amides is 1. The molecule has 0 N–H and O–H groups in total. The van der Waals surface area contributed by atoms with Gasteiger partial charge < -0.3 is 9.64 Å². The van der Waals surface area contributed by atoms with Gasteiger partial charge in [0.25, 0.3) is 0 Å². The van der Waals surface area contributed by atoms with Crippen LogP contribution in [0.4, 0.5) is 13.2 Å². The van der Waals surface area contributed by atoms with Crippen molar-refractivity contribution >= 4 is 21.9 Å². The maximum Gasteiger partial charge on any atom is 0.416 e. The fraction of sp³-hybridized carbons (Fsp3) is 0.619. The summed E-state index contributed by atoms with van der Waals surface area (Å²) < 4.78 is 70.7. The molecule has 32 heavy (non-hydrogen) atoms. The Kier molecular flexibility index (Phi) is 7.49. The molecule has 0 aromatic heterocycles. The Hall–Kier alpha value is -2.14. The number of piperidine rings is 2. The van der Waals surface area contributed by atoms with E-state index in [0.29, 0.717) is 32.0 Å². The second-order valence-electron chi connectivity index (χ2n) is 8.08. The van der Waals surface area contributed by atoms with Crippen LogP contribution >= 0.6 is 0 Å². The number of sulfonamides is 1. The van der Waals surface area contributed by atoms with E-state index < -0.39 is 26.7 Å². The highest BCUT2D eigenvalue weighted by Gasteiger charge is 2.37. The Balaban J connectivity index is 1.62. The Labute approximate surface area is 185 Å². The number of nitrogens with zero attached hydrogens (tertiary/aromatic N) is 2. The monoisotopic (exact) mass is 476 g/mol. The Morgan fingerprint density at radius 3 is 2.41 bits per heavy atom. The highest BCUT2D eigenvalue weighted by molar-refractivity contribution is 7.89. The zero-order chi connectivity index (χ0) is 23.5. The number of esters is 1. The third-order valence-corrected chi connectivity index (χ3v) is 7.85. The van der Waals surface area contributed by atoms with Gasteiger partial charge >= 0.3 is 12.1 Å². The van der Waals surface area contributed by atoms with Crippen LogP contribution in [-0.2, 0) is 30.5 Å². The molecule has 0 radical (unpaired) electrons. The van der Waals surface area contributed by atoms with Gasteiger partial charge in [-0.2, -0.15) is 17.5 Å². The first kappa shape index (κ1) is 24.5. The highest BCUT2D eigenvalue weighted by Crippen LogP contribution is 2.32. The third kappa shape index (κ3) is 5.43. The Bertz CT molecular complexity index is 943. The van der Waals surface area contributed by atoms with E-state index >= 15 is 0 Å². The van der Waals surface area contributed by atoms with Crippen LogP contribution in [0.1, 0.15) is 38.2 Å². The lowest BCUT2D eigenvalue weighted by atomic mass is 9.93. The molecule has 2 aliphatic heterocycles. The molecule has 0 saturated carbocycles. The van der Waals surface area contributed by atoms with Crippen molar-refractivity contribution in [2.24, 2.45) is 11.8 Å². The number of halogens is 3. The zero-order valence-electron chi connectivity index (χ0n) is 17.8. The van der Waals surface area contributed by atoms with Crippen LogP contribution in [0.25, 0.3) is 0 Å². The van der Waals surface area contributed by atoms with Gasteiger partial charge in [0.2, 0.25) is 15.9 Å². The van der Waals surface area contributed by atoms with E-state index in [1.54, 1.807) is 11.8 Å². The van der Waals surface area contributed by atoms with Crippen molar-refractivity contribution in [2.45, 2.75) is 43.7 Å². The van der Waals surface area contributed by atoms with E-state index in [-0.39, 0.29) is 56.3 Å². The summed E-state index contributed by atoms with van der Waals surface area (Å²) in [6, 6.07) is 3.68. The normalized spacial score (nSPS) is 21.4. The first-order chi connectivity index (χ1) is 15.0. The number of alkyl halides is 3. The minimum atomic E-state index is -4.64. The van der Waals surface area contributed by atoms with Gasteiger partial charge in [0.1, 0.15) is 0 Å². The largest absolute Gasteiger partial charge is 0.466 e. The van der Waals surface area contributed by atoms with Crippen molar-refractivity contribution in [2.75, 3.05) is 32.8 Å². The van der Waals surface area contributed by atoms with Gasteiger partial charge in [0.05, 0.1) is 23.0 Å². The van der Waals surface area contributed by atoms with Crippen molar-refractivity contribution < 1.29 is 35.9 Å². The number of hydrogen-bond acceptors (Lipinski definition) is 5. The van der Waals surface area contributed by atoms with E-state index in [1.807, 2.05) is 0 Å². The predicted octanol–water partition coefficient (Wildman–Crippen LogP) is 2.91. The van der Waals surface area contributed by atoms with Crippen molar-refractivity contribution in [1.82, 2.24) is 9.21 Å². The van der Waals surface area contributed by atoms with Crippen LogP contribution in [0.3, 0.4) is 0 Å². The number of hydrogen-bond donors (Lipinski definition) is 0. The second-order valence-corrected chi connectivity index (χ2v) is 10.0. The molecule has 7 nitrogen and oxygen atoms in total. The number of carbonyl (C=O) groups excluding carboxylic acids is 2. The molecule has 2 aliphatic rings. The van der Waals surface area contributed by atoms with Crippen LogP contribution in [0, 0.1) is 11.8 Å². The van der Waals surface area contributed by atoms with Crippen LogP contribution in [0.15, 0.2) is 29.2 Å². The van der Waals surface area contributed by atoms with E-state index in [9.17, 15) is 31.2 Å². The number of carbonyl (C=O) groups is 2. The van der Waals surface area contributed by atoms with Crippen LogP contribution < -0.4 is 0 Å². The van der Waals surface area contributed by atoms with Gasteiger partial charge in [-0.05, 0) is 50.8 Å². The molecule has 11 heteroatoms. The topological polar surface area (TPSA) is 84.0 Å². The molecule has 0 spiro atoms. The van der Waals surface area contributed by atoms with Gasteiger partial charge in [-0.25, -0.2) is 8.42 Å². The zero-order valence-corrected chi connectivity index (χ0v) is 18.6. The van der Waals surface area contributed by atoms with Crippen LogP contribution in [0.5, 0.6) is 0 Å². The van der Waals surface area contributed by atoms with Crippen molar-refractivity contribution in [1.29, 1.82) is 0 Å². The molecule has 178 valence electrons. The fourth-order valence-corrected chi connectivity index (χ4v) is 5.73. The molecular weight excluding hydrogens is 449 g/mol. The second kappa shape index (κ2) is 9.78. The smallest absolute Gasteiger partial charge is 0.416 e. The minimum Gasteiger partial charge on any atom is -0.466 e. The van der Waals surface area contributed by atoms with Gasteiger partial charge in [0.15, 0.2) is 0 Å². The summed E-state index contributed by atoms with van der Waals surface area (Å²) in [5.74, 6) is -1.17. The molecule has 0 aliphatic carbocycles. The number of likely N-dealkylation sites (tertiary alicyclic amines) is 1. The molecule has 2 saturated heterocycles. The van der Waals surface area contributed by atoms with Gasteiger partial charge in [-0.1, -0.05) is 6.07 Å². The lowest BCUT2D eigenvalue weighted by molar-refractivity contribution is -0.152. The Morgan fingerprint density at radius 2 is 1.78 bits per heavy atom. The van der Waals surface area contributed by atoms with Gasteiger partial charge in [-0.3, -0.25) is 9.59 Å². The van der Waals surface area contributed by atoms with Crippen molar-refractivity contribution in [3.63, 3.8) is 0 Å². The van der Waals surface area contributed by atoms with Gasteiger partial charge in [-0.15, -0.1) is 0 Å². The molecule has 3 rings (SSSR count). The van der Waals surface area contributed by atoms with E-state index in [4.69, 9.17) is 4.74 Å².